The van der Waals surface area contributed by atoms with Gasteiger partial charge in [-0.25, -0.2) is 0 Å². The quantitative estimate of drug-likeness (QED) is 0.736. The largest absolute Gasteiger partial charge is 0.496 e. The van der Waals surface area contributed by atoms with E-state index in [1.54, 1.807) is 7.11 Å². The molecule has 3 nitrogen and oxygen atoms in total. The summed E-state index contributed by atoms with van der Waals surface area (Å²) < 4.78 is 16.7. The summed E-state index contributed by atoms with van der Waals surface area (Å²) >= 11 is 0. The molecular formula is C19H20O3. The molecule has 1 fully saturated rings. The van der Waals surface area contributed by atoms with Crippen LogP contribution in [0.4, 0.5) is 0 Å². The summed E-state index contributed by atoms with van der Waals surface area (Å²) in [4.78, 5) is 0. The molecular weight excluding hydrogens is 276 g/mol. The molecule has 3 heteroatoms. The summed E-state index contributed by atoms with van der Waals surface area (Å²) in [6.45, 7) is 1.42. The minimum Gasteiger partial charge on any atom is -0.496 e. The van der Waals surface area contributed by atoms with Crippen LogP contribution in [-0.4, -0.2) is 26.6 Å². The standard InChI is InChI=1S/C19H20O3/c1-20-18-8-6-15-14-5-3-2-4-13(14)12-17(15)16(18)7-9-19-21-10-11-22-19/h2-6,8,19H,7,9-12H2,1H3. The average Bonchev–Trinajstić information content (AvgIpc) is 3.19. The van der Waals surface area contributed by atoms with Crippen LogP contribution in [0.2, 0.25) is 0 Å². The zero-order valence-electron chi connectivity index (χ0n) is 12.8. The van der Waals surface area contributed by atoms with Crippen LogP contribution < -0.4 is 4.74 Å². The van der Waals surface area contributed by atoms with Crippen molar-refractivity contribution in [3.8, 4) is 16.9 Å². The number of rotatable bonds is 4. The first kappa shape index (κ1) is 13.8. The maximum atomic E-state index is 5.60. The first-order valence-corrected chi connectivity index (χ1v) is 7.87. The zero-order chi connectivity index (χ0) is 14.9. The van der Waals surface area contributed by atoms with E-state index >= 15 is 0 Å². The van der Waals surface area contributed by atoms with Crippen molar-refractivity contribution in [2.24, 2.45) is 0 Å². The molecule has 2 aromatic carbocycles. The molecule has 0 saturated carbocycles. The van der Waals surface area contributed by atoms with Crippen molar-refractivity contribution in [2.75, 3.05) is 20.3 Å². The van der Waals surface area contributed by atoms with Gasteiger partial charge in [0.2, 0.25) is 0 Å². The minimum atomic E-state index is -0.0654. The van der Waals surface area contributed by atoms with Crippen molar-refractivity contribution in [3.63, 3.8) is 0 Å². The van der Waals surface area contributed by atoms with Crippen molar-refractivity contribution in [3.05, 3.63) is 53.1 Å². The molecule has 2 aromatic rings. The summed E-state index contributed by atoms with van der Waals surface area (Å²) in [7, 11) is 1.75. The van der Waals surface area contributed by atoms with Gasteiger partial charge in [-0.3, -0.25) is 0 Å². The normalized spacial score (nSPS) is 16.6. The summed E-state index contributed by atoms with van der Waals surface area (Å²) in [5, 5.41) is 0. The van der Waals surface area contributed by atoms with Gasteiger partial charge in [0.1, 0.15) is 5.75 Å². The third kappa shape index (κ3) is 2.31. The lowest BCUT2D eigenvalue weighted by Gasteiger charge is -2.15. The summed E-state index contributed by atoms with van der Waals surface area (Å²) in [5.74, 6) is 0.976. The van der Waals surface area contributed by atoms with E-state index in [4.69, 9.17) is 14.2 Å². The van der Waals surface area contributed by atoms with Gasteiger partial charge in [0, 0.05) is 6.42 Å². The number of hydrogen-bond acceptors (Lipinski definition) is 3. The first-order valence-electron chi connectivity index (χ1n) is 7.87. The van der Waals surface area contributed by atoms with Crippen molar-refractivity contribution in [1.29, 1.82) is 0 Å². The predicted molar refractivity (Wildman–Crippen MR) is 85.2 cm³/mol. The Balaban J connectivity index is 1.68. The lowest BCUT2D eigenvalue weighted by atomic mass is 9.96. The highest BCUT2D eigenvalue weighted by molar-refractivity contribution is 5.79. The van der Waals surface area contributed by atoms with E-state index in [0.717, 1.165) is 25.0 Å². The fourth-order valence-electron chi connectivity index (χ4n) is 3.55. The van der Waals surface area contributed by atoms with Gasteiger partial charge in [0.25, 0.3) is 0 Å². The molecule has 0 unspecified atom stereocenters. The second-order valence-electron chi connectivity index (χ2n) is 5.82. The highest BCUT2D eigenvalue weighted by Gasteiger charge is 2.24. The van der Waals surface area contributed by atoms with Gasteiger partial charge in [-0.1, -0.05) is 30.3 Å². The van der Waals surface area contributed by atoms with Crippen LogP contribution in [0.25, 0.3) is 11.1 Å². The Kier molecular flexibility index (Phi) is 3.60. The molecule has 0 radical (unpaired) electrons. The molecule has 22 heavy (non-hydrogen) atoms. The molecule has 0 spiro atoms. The Labute approximate surface area is 130 Å². The molecule has 0 N–H and O–H groups in total. The maximum Gasteiger partial charge on any atom is 0.158 e. The van der Waals surface area contributed by atoms with E-state index in [1.165, 1.54) is 27.8 Å². The fraction of sp³-hybridized carbons (Fsp3) is 0.368. The van der Waals surface area contributed by atoms with Crippen LogP contribution >= 0.6 is 0 Å². The molecule has 0 atom stereocenters. The molecule has 1 aliphatic carbocycles. The molecule has 0 amide bonds. The van der Waals surface area contributed by atoms with E-state index in [2.05, 4.69) is 36.4 Å². The highest BCUT2D eigenvalue weighted by atomic mass is 16.7. The zero-order valence-corrected chi connectivity index (χ0v) is 12.8. The Morgan fingerprint density at radius 1 is 1.05 bits per heavy atom. The summed E-state index contributed by atoms with van der Waals surface area (Å²) in [5.41, 5.74) is 6.81. The molecule has 0 aromatic heterocycles. The monoisotopic (exact) mass is 296 g/mol. The topological polar surface area (TPSA) is 27.7 Å². The summed E-state index contributed by atoms with van der Waals surface area (Å²) in [6.07, 6.45) is 2.72. The molecule has 0 bridgehead atoms. The van der Waals surface area contributed by atoms with Crippen LogP contribution in [0, 0.1) is 0 Å². The van der Waals surface area contributed by atoms with Crippen LogP contribution in [0.15, 0.2) is 36.4 Å². The summed E-state index contributed by atoms with van der Waals surface area (Å²) in [6, 6.07) is 12.9. The van der Waals surface area contributed by atoms with E-state index in [9.17, 15) is 0 Å². The molecule has 1 saturated heterocycles. The van der Waals surface area contributed by atoms with Crippen molar-refractivity contribution >= 4 is 0 Å². The van der Waals surface area contributed by atoms with Crippen molar-refractivity contribution < 1.29 is 14.2 Å². The molecule has 2 aliphatic rings. The Morgan fingerprint density at radius 3 is 2.68 bits per heavy atom. The van der Waals surface area contributed by atoms with Gasteiger partial charge in [0.05, 0.1) is 20.3 Å². The Morgan fingerprint density at radius 2 is 1.86 bits per heavy atom. The molecule has 1 heterocycles. The number of fused-ring (bicyclic) bond motifs is 3. The van der Waals surface area contributed by atoms with Gasteiger partial charge in [-0.05, 0) is 46.7 Å². The van der Waals surface area contributed by atoms with Crippen LogP contribution in [0.5, 0.6) is 5.75 Å². The maximum absolute atomic E-state index is 5.60. The fourth-order valence-corrected chi connectivity index (χ4v) is 3.55. The van der Waals surface area contributed by atoms with Gasteiger partial charge in [-0.15, -0.1) is 0 Å². The van der Waals surface area contributed by atoms with E-state index in [0.29, 0.717) is 13.2 Å². The number of methoxy groups -OCH3 is 1. The minimum absolute atomic E-state index is 0.0654. The van der Waals surface area contributed by atoms with E-state index < -0.39 is 0 Å². The average molecular weight is 296 g/mol. The van der Waals surface area contributed by atoms with Crippen LogP contribution in [-0.2, 0) is 22.3 Å². The second kappa shape index (κ2) is 5.75. The molecule has 114 valence electrons. The second-order valence-corrected chi connectivity index (χ2v) is 5.82. The van der Waals surface area contributed by atoms with Crippen LogP contribution in [0.1, 0.15) is 23.1 Å². The van der Waals surface area contributed by atoms with Crippen LogP contribution in [0.3, 0.4) is 0 Å². The van der Waals surface area contributed by atoms with Gasteiger partial charge < -0.3 is 14.2 Å². The number of ether oxygens (including phenoxy) is 3. The predicted octanol–water partition coefficient (Wildman–Crippen LogP) is 3.57. The Bertz CT molecular complexity index is 687. The Hall–Kier alpha value is -1.84. The van der Waals surface area contributed by atoms with Gasteiger partial charge >= 0.3 is 0 Å². The lowest BCUT2D eigenvalue weighted by molar-refractivity contribution is -0.0462. The first-order chi connectivity index (χ1) is 10.9. The molecule has 1 aliphatic heterocycles. The van der Waals surface area contributed by atoms with Gasteiger partial charge in [-0.2, -0.15) is 0 Å². The smallest absolute Gasteiger partial charge is 0.158 e. The lowest BCUT2D eigenvalue weighted by Crippen LogP contribution is -2.10. The van der Waals surface area contributed by atoms with E-state index in [1.807, 2.05) is 0 Å². The van der Waals surface area contributed by atoms with E-state index in [-0.39, 0.29) is 6.29 Å². The number of hydrogen-bond donors (Lipinski definition) is 0. The molecule has 4 rings (SSSR count). The number of benzene rings is 2. The SMILES string of the molecule is COc1ccc2c(c1CCC1OCCO1)Cc1ccccc1-2. The van der Waals surface area contributed by atoms with Crippen molar-refractivity contribution in [2.45, 2.75) is 25.6 Å². The third-order valence-corrected chi connectivity index (χ3v) is 4.60. The van der Waals surface area contributed by atoms with Crippen molar-refractivity contribution in [1.82, 2.24) is 0 Å². The van der Waals surface area contributed by atoms with Gasteiger partial charge in [0.15, 0.2) is 6.29 Å². The third-order valence-electron chi connectivity index (χ3n) is 4.60. The highest BCUT2D eigenvalue weighted by Crippen LogP contribution is 2.41.